The fourth-order valence-electron chi connectivity index (χ4n) is 3.66. The Balaban J connectivity index is 1.85. The number of thiophene rings is 1. The lowest BCUT2D eigenvalue weighted by atomic mass is 10.0. The molecule has 6 heteroatoms. The minimum atomic E-state index is -3.61. The Morgan fingerprint density at radius 3 is 2.96 bits per heavy atom. The molecule has 2 aromatic heterocycles. The maximum Gasteiger partial charge on any atom is 0.245 e. The number of hydrogen-bond acceptors (Lipinski definition) is 4. The van der Waals surface area contributed by atoms with E-state index < -0.39 is 10.0 Å². The second kappa shape index (κ2) is 6.20. The highest BCUT2D eigenvalue weighted by atomic mass is 32.2. The molecule has 1 aromatic carbocycles. The fourth-order valence-corrected chi connectivity index (χ4v) is 6.44. The van der Waals surface area contributed by atoms with Gasteiger partial charge in [-0.2, -0.15) is 4.31 Å². The first-order chi connectivity index (χ1) is 12.0. The number of para-hydroxylation sites is 1. The Morgan fingerprint density at radius 1 is 1.32 bits per heavy atom. The summed E-state index contributed by atoms with van der Waals surface area (Å²) in [7, 11) is -3.61. The highest BCUT2D eigenvalue weighted by molar-refractivity contribution is 7.89. The first kappa shape index (κ1) is 16.7. The Bertz CT molecular complexity index is 1040. The van der Waals surface area contributed by atoms with Gasteiger partial charge in [0.1, 0.15) is 4.90 Å². The van der Waals surface area contributed by atoms with Crippen molar-refractivity contribution >= 4 is 32.3 Å². The molecular weight excluding hydrogens is 352 g/mol. The van der Waals surface area contributed by atoms with Crippen LogP contribution in [0.1, 0.15) is 35.4 Å². The van der Waals surface area contributed by atoms with Gasteiger partial charge in [-0.15, -0.1) is 11.3 Å². The maximum atomic E-state index is 13.5. The van der Waals surface area contributed by atoms with Crippen LogP contribution < -0.4 is 0 Å². The predicted molar refractivity (Wildman–Crippen MR) is 101 cm³/mol. The average Bonchev–Trinajstić information content (AvgIpc) is 3.08. The molecule has 4 rings (SSSR count). The minimum Gasteiger partial charge on any atom is -0.255 e. The van der Waals surface area contributed by atoms with Crippen LogP contribution in [0.15, 0.2) is 46.8 Å². The molecule has 0 aliphatic carbocycles. The number of nitrogens with zero attached hydrogens (tertiary/aromatic N) is 2. The Hall–Kier alpha value is -1.76. The number of aryl methyl sites for hydroxylation is 1. The van der Waals surface area contributed by atoms with Gasteiger partial charge in [0.05, 0.1) is 11.6 Å². The van der Waals surface area contributed by atoms with Crippen LogP contribution >= 0.6 is 11.3 Å². The van der Waals surface area contributed by atoms with E-state index in [2.05, 4.69) is 16.4 Å². The summed E-state index contributed by atoms with van der Waals surface area (Å²) in [4.78, 5) is 6.04. The van der Waals surface area contributed by atoms with Gasteiger partial charge < -0.3 is 0 Å². The summed E-state index contributed by atoms with van der Waals surface area (Å²) in [5.41, 5.74) is 2.74. The highest BCUT2D eigenvalue weighted by Gasteiger charge is 2.36. The van der Waals surface area contributed by atoms with Gasteiger partial charge in [-0.25, -0.2) is 8.42 Å². The highest BCUT2D eigenvalue weighted by Crippen LogP contribution is 2.39. The zero-order chi connectivity index (χ0) is 17.6. The molecule has 25 heavy (non-hydrogen) atoms. The first-order valence-electron chi connectivity index (χ1n) is 8.46. The lowest BCUT2D eigenvalue weighted by Crippen LogP contribution is -2.39. The van der Waals surface area contributed by atoms with Crippen LogP contribution in [0.4, 0.5) is 0 Å². The molecule has 0 spiro atoms. The molecule has 130 valence electrons. The van der Waals surface area contributed by atoms with E-state index >= 15 is 0 Å². The van der Waals surface area contributed by atoms with E-state index in [1.54, 1.807) is 34.0 Å². The van der Waals surface area contributed by atoms with Crippen LogP contribution in [0.25, 0.3) is 10.9 Å². The summed E-state index contributed by atoms with van der Waals surface area (Å²) in [5, 5.41) is 2.92. The third kappa shape index (κ3) is 2.69. The number of aromatic nitrogens is 1. The molecule has 4 nitrogen and oxygen atoms in total. The SMILES string of the molecule is CCC1c2ccsc2CCN1S(=O)(=O)c1cccc2cc(C)cnc12. The van der Waals surface area contributed by atoms with Crippen LogP contribution in [0, 0.1) is 6.92 Å². The largest absolute Gasteiger partial charge is 0.255 e. The number of fused-ring (bicyclic) bond motifs is 2. The molecule has 1 aliphatic heterocycles. The fraction of sp³-hybridized carbons (Fsp3) is 0.316. The van der Waals surface area contributed by atoms with Crippen molar-refractivity contribution in [1.82, 2.24) is 9.29 Å². The number of pyridine rings is 1. The molecule has 0 bridgehead atoms. The van der Waals surface area contributed by atoms with Gasteiger partial charge in [-0.05, 0) is 54.5 Å². The third-order valence-corrected chi connectivity index (χ3v) is 7.77. The lowest BCUT2D eigenvalue weighted by Gasteiger charge is -2.34. The summed E-state index contributed by atoms with van der Waals surface area (Å²) in [6.45, 7) is 4.53. The van der Waals surface area contributed by atoms with Crippen LogP contribution in [-0.2, 0) is 16.4 Å². The van der Waals surface area contributed by atoms with Crippen molar-refractivity contribution in [2.75, 3.05) is 6.54 Å². The monoisotopic (exact) mass is 372 g/mol. The van der Waals surface area contributed by atoms with E-state index in [0.717, 1.165) is 29.4 Å². The van der Waals surface area contributed by atoms with Gasteiger partial charge in [-0.1, -0.05) is 19.1 Å². The standard InChI is InChI=1S/C19H20N2O2S2/c1-3-16-15-8-10-24-17(15)7-9-21(16)25(22,23)18-6-4-5-14-11-13(2)12-20-19(14)18/h4-6,8,10-12,16H,3,7,9H2,1-2H3. The summed E-state index contributed by atoms with van der Waals surface area (Å²) in [6, 6.07) is 9.35. The maximum absolute atomic E-state index is 13.5. The number of hydrogen-bond donors (Lipinski definition) is 0. The number of rotatable bonds is 3. The van der Waals surface area contributed by atoms with E-state index in [4.69, 9.17) is 0 Å². The second-order valence-electron chi connectivity index (χ2n) is 6.43. The zero-order valence-electron chi connectivity index (χ0n) is 14.3. The smallest absolute Gasteiger partial charge is 0.245 e. The van der Waals surface area contributed by atoms with Crippen LogP contribution in [0.5, 0.6) is 0 Å². The van der Waals surface area contributed by atoms with Gasteiger partial charge in [0.2, 0.25) is 10.0 Å². The Labute approximate surface area is 152 Å². The molecule has 0 saturated heterocycles. The van der Waals surface area contributed by atoms with E-state index in [1.165, 1.54) is 4.88 Å². The van der Waals surface area contributed by atoms with Crippen molar-refractivity contribution in [1.29, 1.82) is 0 Å². The van der Waals surface area contributed by atoms with Crippen molar-refractivity contribution in [3.63, 3.8) is 0 Å². The van der Waals surface area contributed by atoms with Crippen molar-refractivity contribution in [3.05, 3.63) is 57.9 Å². The molecule has 0 fully saturated rings. The van der Waals surface area contributed by atoms with Crippen LogP contribution in [-0.4, -0.2) is 24.3 Å². The third-order valence-electron chi connectivity index (χ3n) is 4.83. The molecule has 1 aliphatic rings. The zero-order valence-corrected chi connectivity index (χ0v) is 15.9. The molecule has 3 aromatic rings. The lowest BCUT2D eigenvalue weighted by molar-refractivity contribution is 0.303. The Morgan fingerprint density at radius 2 is 2.16 bits per heavy atom. The molecule has 0 radical (unpaired) electrons. The van der Waals surface area contributed by atoms with Crippen molar-refractivity contribution in [2.24, 2.45) is 0 Å². The first-order valence-corrected chi connectivity index (χ1v) is 10.8. The van der Waals surface area contributed by atoms with Crippen LogP contribution in [0.2, 0.25) is 0 Å². The van der Waals surface area contributed by atoms with Crippen LogP contribution in [0.3, 0.4) is 0 Å². The molecule has 0 N–H and O–H groups in total. The summed E-state index contributed by atoms with van der Waals surface area (Å²) < 4.78 is 28.6. The molecular formula is C19H20N2O2S2. The van der Waals surface area contributed by atoms with E-state index in [-0.39, 0.29) is 6.04 Å². The number of benzene rings is 1. The van der Waals surface area contributed by atoms with Gasteiger partial charge >= 0.3 is 0 Å². The minimum absolute atomic E-state index is 0.0966. The normalized spacial score (nSPS) is 18.4. The predicted octanol–water partition coefficient (Wildman–Crippen LogP) is 4.30. The average molecular weight is 373 g/mol. The molecule has 1 atom stereocenters. The van der Waals surface area contributed by atoms with E-state index in [0.29, 0.717) is 17.0 Å². The van der Waals surface area contributed by atoms with Gasteiger partial charge in [0, 0.05) is 23.0 Å². The van der Waals surface area contributed by atoms with E-state index in [1.807, 2.05) is 26.0 Å². The number of sulfonamides is 1. The molecule has 1 unspecified atom stereocenters. The molecule has 0 saturated carbocycles. The Kier molecular flexibility index (Phi) is 4.14. The van der Waals surface area contributed by atoms with Crippen molar-refractivity contribution in [2.45, 2.75) is 37.6 Å². The molecule has 3 heterocycles. The second-order valence-corrected chi connectivity index (χ2v) is 9.29. The topological polar surface area (TPSA) is 50.3 Å². The van der Waals surface area contributed by atoms with Gasteiger partial charge in [-0.3, -0.25) is 4.98 Å². The summed E-state index contributed by atoms with van der Waals surface area (Å²) in [5.74, 6) is 0. The van der Waals surface area contributed by atoms with Crippen molar-refractivity contribution in [3.8, 4) is 0 Å². The molecule has 0 amide bonds. The summed E-state index contributed by atoms with van der Waals surface area (Å²) >= 11 is 1.72. The van der Waals surface area contributed by atoms with Gasteiger partial charge in [0.15, 0.2) is 0 Å². The van der Waals surface area contributed by atoms with Crippen molar-refractivity contribution < 1.29 is 8.42 Å². The summed E-state index contributed by atoms with van der Waals surface area (Å²) in [6.07, 6.45) is 3.27. The quantitative estimate of drug-likeness (QED) is 0.689. The van der Waals surface area contributed by atoms with Gasteiger partial charge in [0.25, 0.3) is 0 Å². The van der Waals surface area contributed by atoms with E-state index in [9.17, 15) is 8.42 Å².